The van der Waals surface area contributed by atoms with Crippen LogP contribution < -0.4 is 5.32 Å². The number of carbonyl (C=O) groups excluding carboxylic acids is 2. The summed E-state index contributed by atoms with van der Waals surface area (Å²) in [6.07, 6.45) is 3.53. The maximum absolute atomic E-state index is 11.8. The van der Waals surface area contributed by atoms with Crippen molar-refractivity contribution in [3.63, 3.8) is 0 Å². The summed E-state index contributed by atoms with van der Waals surface area (Å²) in [7, 11) is 0. The minimum atomic E-state index is -0.330. The van der Waals surface area contributed by atoms with Crippen LogP contribution in [0, 0.1) is 6.92 Å². The van der Waals surface area contributed by atoms with Crippen molar-refractivity contribution in [2.75, 3.05) is 13.2 Å². The maximum Gasteiger partial charge on any atom is 0.306 e. The van der Waals surface area contributed by atoms with E-state index < -0.39 is 0 Å². The number of amides is 1. The van der Waals surface area contributed by atoms with Crippen LogP contribution in [-0.2, 0) is 27.2 Å². The molecule has 0 saturated carbocycles. The van der Waals surface area contributed by atoms with Crippen LogP contribution in [0.5, 0.6) is 0 Å². The molecule has 152 valence electrons. The van der Waals surface area contributed by atoms with Crippen molar-refractivity contribution >= 4 is 33.4 Å². The topological polar surface area (TPSA) is 68.3 Å². The average Bonchev–Trinajstić information content (AvgIpc) is 3.14. The monoisotopic (exact) mass is 410 g/mol. The molecule has 0 bridgehead atoms. The van der Waals surface area contributed by atoms with Crippen molar-refractivity contribution in [1.82, 2.24) is 10.3 Å². The minimum Gasteiger partial charge on any atom is -0.456 e. The van der Waals surface area contributed by atoms with Gasteiger partial charge in [-0.05, 0) is 55.9 Å². The van der Waals surface area contributed by atoms with Crippen LogP contribution in [0.25, 0.3) is 10.2 Å². The van der Waals surface area contributed by atoms with E-state index in [1.165, 1.54) is 15.8 Å². The lowest BCUT2D eigenvalue weighted by Crippen LogP contribution is -2.30. The fourth-order valence-electron chi connectivity index (χ4n) is 3.07. The second kappa shape index (κ2) is 10.7. The first-order chi connectivity index (χ1) is 14.1. The van der Waals surface area contributed by atoms with Gasteiger partial charge in [0.2, 0.25) is 0 Å². The van der Waals surface area contributed by atoms with Gasteiger partial charge in [0.15, 0.2) is 6.61 Å². The van der Waals surface area contributed by atoms with E-state index >= 15 is 0 Å². The summed E-state index contributed by atoms with van der Waals surface area (Å²) >= 11 is 1.70. The van der Waals surface area contributed by atoms with Gasteiger partial charge >= 0.3 is 5.97 Å². The molecule has 0 aliphatic carbocycles. The van der Waals surface area contributed by atoms with Crippen molar-refractivity contribution < 1.29 is 14.3 Å². The molecule has 0 aliphatic heterocycles. The smallest absolute Gasteiger partial charge is 0.306 e. The van der Waals surface area contributed by atoms with E-state index in [1.807, 2.05) is 30.3 Å². The molecule has 0 radical (unpaired) electrons. The molecule has 0 unspecified atom stereocenters. The Balaban J connectivity index is 1.26. The zero-order chi connectivity index (χ0) is 20.5. The number of aryl methyl sites for hydroxylation is 2. The molecule has 0 saturated heterocycles. The fourth-order valence-corrected chi connectivity index (χ4v) is 4.08. The van der Waals surface area contributed by atoms with E-state index in [9.17, 15) is 9.59 Å². The van der Waals surface area contributed by atoms with Gasteiger partial charge in [-0.25, -0.2) is 4.98 Å². The number of thiazole rings is 1. The number of nitrogens with one attached hydrogen (secondary N) is 1. The van der Waals surface area contributed by atoms with E-state index in [4.69, 9.17) is 4.74 Å². The number of hydrogen-bond acceptors (Lipinski definition) is 5. The molecule has 6 heteroatoms. The number of esters is 1. The molecule has 29 heavy (non-hydrogen) atoms. The molecule has 3 rings (SSSR count). The highest BCUT2D eigenvalue weighted by molar-refractivity contribution is 7.18. The summed E-state index contributed by atoms with van der Waals surface area (Å²) in [4.78, 5) is 28.2. The maximum atomic E-state index is 11.8. The molecule has 5 nitrogen and oxygen atoms in total. The molecule has 0 aliphatic rings. The third-order valence-electron chi connectivity index (χ3n) is 4.70. The van der Waals surface area contributed by atoms with E-state index in [1.54, 1.807) is 11.3 Å². The molecular formula is C23H26N2O3S. The molecule has 1 heterocycles. The molecular weight excluding hydrogens is 384 g/mol. The zero-order valence-corrected chi connectivity index (χ0v) is 17.5. The van der Waals surface area contributed by atoms with Gasteiger partial charge in [-0.1, -0.05) is 36.4 Å². The highest BCUT2D eigenvalue weighted by Gasteiger charge is 2.08. The van der Waals surface area contributed by atoms with Crippen LogP contribution in [-0.4, -0.2) is 30.0 Å². The number of rotatable bonds is 10. The molecule has 1 amide bonds. The Morgan fingerprint density at radius 1 is 1.03 bits per heavy atom. The molecule has 1 N–H and O–H groups in total. The largest absolute Gasteiger partial charge is 0.456 e. The SMILES string of the molecule is Cc1ccccc1CCNC(=O)COC(=O)CCCCc1nc2ccccc2s1. The Hall–Kier alpha value is -2.73. The number of para-hydroxylation sites is 1. The highest BCUT2D eigenvalue weighted by atomic mass is 32.1. The van der Waals surface area contributed by atoms with Gasteiger partial charge in [0.1, 0.15) is 0 Å². The Kier molecular flexibility index (Phi) is 7.76. The van der Waals surface area contributed by atoms with E-state index in [0.29, 0.717) is 13.0 Å². The Labute approximate surface area is 175 Å². The Morgan fingerprint density at radius 3 is 2.66 bits per heavy atom. The number of carbonyl (C=O) groups is 2. The molecule has 0 spiro atoms. The summed E-state index contributed by atoms with van der Waals surface area (Å²) in [5, 5.41) is 3.88. The van der Waals surface area contributed by atoms with Crippen LogP contribution in [0.2, 0.25) is 0 Å². The van der Waals surface area contributed by atoms with Gasteiger partial charge in [0.25, 0.3) is 5.91 Å². The quantitative estimate of drug-likeness (QED) is 0.401. The van der Waals surface area contributed by atoms with Crippen LogP contribution in [0.4, 0.5) is 0 Å². The lowest BCUT2D eigenvalue weighted by atomic mass is 10.1. The first kappa shape index (κ1) is 21.0. The van der Waals surface area contributed by atoms with E-state index in [0.717, 1.165) is 36.2 Å². The third-order valence-corrected chi connectivity index (χ3v) is 5.80. The number of unbranched alkanes of at least 4 members (excludes halogenated alkanes) is 1. The van der Waals surface area contributed by atoms with Crippen molar-refractivity contribution in [3.8, 4) is 0 Å². The van der Waals surface area contributed by atoms with E-state index in [-0.39, 0.29) is 18.5 Å². The number of nitrogens with zero attached hydrogens (tertiary/aromatic N) is 1. The average molecular weight is 411 g/mol. The molecule has 0 fully saturated rings. The minimum absolute atomic E-state index is 0.218. The fraction of sp³-hybridized carbons (Fsp3) is 0.348. The molecule has 3 aromatic rings. The van der Waals surface area contributed by atoms with Crippen LogP contribution in [0.3, 0.4) is 0 Å². The Bertz CT molecular complexity index is 934. The van der Waals surface area contributed by atoms with Crippen molar-refractivity contribution in [2.45, 2.75) is 39.0 Å². The van der Waals surface area contributed by atoms with Gasteiger partial charge in [-0.3, -0.25) is 9.59 Å². The summed E-state index contributed by atoms with van der Waals surface area (Å²) in [5.74, 6) is -0.593. The Morgan fingerprint density at radius 2 is 1.83 bits per heavy atom. The lowest BCUT2D eigenvalue weighted by Gasteiger charge is -2.08. The number of ether oxygens (including phenoxy) is 1. The summed E-state index contributed by atoms with van der Waals surface area (Å²) in [6.45, 7) is 2.36. The highest BCUT2D eigenvalue weighted by Crippen LogP contribution is 2.22. The summed E-state index contributed by atoms with van der Waals surface area (Å²) in [5.41, 5.74) is 3.44. The number of fused-ring (bicyclic) bond motifs is 1. The number of hydrogen-bond donors (Lipinski definition) is 1. The normalized spacial score (nSPS) is 10.8. The molecule has 1 aromatic heterocycles. The summed E-state index contributed by atoms with van der Waals surface area (Å²) in [6, 6.07) is 16.2. The van der Waals surface area contributed by atoms with E-state index in [2.05, 4.69) is 35.4 Å². The second-order valence-electron chi connectivity index (χ2n) is 6.97. The van der Waals surface area contributed by atoms with Crippen LogP contribution >= 0.6 is 11.3 Å². The lowest BCUT2D eigenvalue weighted by molar-refractivity contribution is -0.148. The first-order valence-electron chi connectivity index (χ1n) is 9.93. The molecule has 0 atom stereocenters. The molecule has 2 aromatic carbocycles. The van der Waals surface area contributed by atoms with Gasteiger partial charge in [0.05, 0.1) is 15.2 Å². The van der Waals surface area contributed by atoms with Gasteiger partial charge in [0, 0.05) is 13.0 Å². The predicted octanol–water partition coefficient (Wildman–Crippen LogP) is 4.22. The van der Waals surface area contributed by atoms with Crippen LogP contribution in [0.1, 0.15) is 35.4 Å². The van der Waals surface area contributed by atoms with Crippen molar-refractivity contribution in [3.05, 3.63) is 64.7 Å². The third kappa shape index (κ3) is 6.68. The van der Waals surface area contributed by atoms with Crippen molar-refractivity contribution in [2.24, 2.45) is 0 Å². The van der Waals surface area contributed by atoms with Gasteiger partial charge in [-0.15, -0.1) is 11.3 Å². The standard InChI is InChI=1S/C23H26N2O3S/c1-17-8-2-3-9-18(17)14-15-24-21(26)16-28-23(27)13-7-6-12-22-25-19-10-4-5-11-20(19)29-22/h2-5,8-11H,6-7,12-16H2,1H3,(H,24,26). The van der Waals surface area contributed by atoms with Crippen LogP contribution in [0.15, 0.2) is 48.5 Å². The van der Waals surface area contributed by atoms with Gasteiger partial charge in [-0.2, -0.15) is 0 Å². The van der Waals surface area contributed by atoms with Crippen molar-refractivity contribution in [1.29, 1.82) is 0 Å². The number of benzene rings is 2. The van der Waals surface area contributed by atoms with Gasteiger partial charge < -0.3 is 10.1 Å². The first-order valence-corrected chi connectivity index (χ1v) is 10.7. The summed E-state index contributed by atoms with van der Waals surface area (Å²) < 4.78 is 6.26. The predicted molar refractivity (Wildman–Crippen MR) is 116 cm³/mol. The number of aromatic nitrogens is 1. The zero-order valence-electron chi connectivity index (χ0n) is 16.6. The second-order valence-corrected chi connectivity index (χ2v) is 8.08.